The van der Waals surface area contributed by atoms with Gasteiger partial charge in [0.05, 0.1) is 5.75 Å². The van der Waals surface area contributed by atoms with Crippen molar-refractivity contribution >= 4 is 11.8 Å². The molecule has 1 fully saturated rings. The summed E-state index contributed by atoms with van der Waals surface area (Å²) in [5.74, 6) is 4.39. The molecule has 0 aromatic carbocycles. The van der Waals surface area contributed by atoms with Crippen LogP contribution < -0.4 is 5.32 Å². The Morgan fingerprint density at radius 3 is 2.79 bits per heavy atom. The quantitative estimate of drug-likeness (QED) is 0.793. The molecular weight excluding hydrogens is 198 g/mol. The molecule has 0 amide bonds. The number of hydrogen-bond donors (Lipinski definition) is 1. The zero-order valence-corrected chi connectivity index (χ0v) is 9.14. The second-order valence-electron chi connectivity index (χ2n) is 3.48. The molecule has 0 bridgehead atoms. The summed E-state index contributed by atoms with van der Waals surface area (Å²) in [6.07, 6.45) is 0.824. The van der Waals surface area contributed by atoms with Crippen LogP contribution in [0.5, 0.6) is 0 Å². The number of rotatable bonds is 5. The van der Waals surface area contributed by atoms with Gasteiger partial charge in [0, 0.05) is 6.42 Å². The lowest BCUT2D eigenvalue weighted by Crippen LogP contribution is -2.43. The molecule has 1 saturated heterocycles. The van der Waals surface area contributed by atoms with E-state index in [9.17, 15) is 0 Å². The van der Waals surface area contributed by atoms with E-state index >= 15 is 0 Å². The molecule has 0 saturated carbocycles. The van der Waals surface area contributed by atoms with E-state index in [0.717, 1.165) is 43.0 Å². The van der Waals surface area contributed by atoms with Crippen LogP contribution in [0.15, 0.2) is 4.42 Å². The Kier molecular flexibility index (Phi) is 3.42. The third-order valence-corrected chi connectivity index (χ3v) is 3.41. The molecule has 2 rings (SSSR count). The molecule has 0 radical (unpaired) electrons. The van der Waals surface area contributed by atoms with Gasteiger partial charge in [0.15, 0.2) is 0 Å². The zero-order chi connectivity index (χ0) is 9.80. The molecule has 1 aromatic heterocycles. The van der Waals surface area contributed by atoms with Crippen molar-refractivity contribution in [2.45, 2.75) is 19.1 Å². The normalized spacial score (nSPS) is 16.9. The first-order chi connectivity index (χ1) is 6.88. The van der Waals surface area contributed by atoms with Crippen LogP contribution in [0.1, 0.15) is 18.7 Å². The summed E-state index contributed by atoms with van der Waals surface area (Å²) in [6.45, 7) is 4.35. The van der Waals surface area contributed by atoms with Gasteiger partial charge >= 0.3 is 0 Å². The van der Waals surface area contributed by atoms with Crippen molar-refractivity contribution in [3.05, 3.63) is 11.8 Å². The maximum Gasteiger partial charge on any atom is 0.226 e. The fourth-order valence-electron chi connectivity index (χ4n) is 1.27. The van der Waals surface area contributed by atoms with Crippen LogP contribution in [0.2, 0.25) is 0 Å². The molecular formula is C9H15N3OS. The first-order valence-electron chi connectivity index (χ1n) is 4.98. The van der Waals surface area contributed by atoms with Crippen LogP contribution in [-0.4, -0.2) is 29.0 Å². The molecule has 1 aromatic rings. The fraction of sp³-hybridized carbons (Fsp3) is 0.778. The predicted octanol–water partition coefficient (Wildman–Crippen LogP) is 1.08. The van der Waals surface area contributed by atoms with Gasteiger partial charge in [-0.15, -0.1) is 10.2 Å². The highest BCUT2D eigenvalue weighted by Gasteiger charge is 2.16. The Morgan fingerprint density at radius 2 is 2.21 bits per heavy atom. The standard InChI is InChI=1S/C9H15N3OS/c1-2-8-11-12-9(13-8)6-14-5-7-3-10-4-7/h7,10H,2-6H2,1H3. The minimum atomic E-state index is 0.742. The van der Waals surface area contributed by atoms with Gasteiger partial charge in [-0.1, -0.05) is 6.92 Å². The van der Waals surface area contributed by atoms with Crippen molar-refractivity contribution in [1.82, 2.24) is 15.5 Å². The molecule has 0 atom stereocenters. The second kappa shape index (κ2) is 4.79. The van der Waals surface area contributed by atoms with E-state index in [0.29, 0.717) is 0 Å². The Labute approximate surface area is 87.9 Å². The molecule has 0 aliphatic carbocycles. The second-order valence-corrected chi connectivity index (χ2v) is 4.51. The lowest BCUT2D eigenvalue weighted by molar-refractivity contribution is 0.385. The number of nitrogens with zero attached hydrogens (tertiary/aromatic N) is 2. The molecule has 1 aliphatic heterocycles. The summed E-state index contributed by atoms with van der Waals surface area (Å²) >= 11 is 1.88. The first kappa shape index (κ1) is 9.98. The highest BCUT2D eigenvalue weighted by atomic mass is 32.2. The van der Waals surface area contributed by atoms with Crippen LogP contribution >= 0.6 is 11.8 Å². The van der Waals surface area contributed by atoms with E-state index in [4.69, 9.17) is 4.42 Å². The monoisotopic (exact) mass is 213 g/mol. The lowest BCUT2D eigenvalue weighted by atomic mass is 10.1. The van der Waals surface area contributed by atoms with Gasteiger partial charge in [-0.3, -0.25) is 0 Å². The lowest BCUT2D eigenvalue weighted by Gasteiger charge is -2.26. The van der Waals surface area contributed by atoms with Crippen LogP contribution in [0.4, 0.5) is 0 Å². The predicted molar refractivity (Wildman–Crippen MR) is 56.2 cm³/mol. The van der Waals surface area contributed by atoms with Gasteiger partial charge in [-0.05, 0) is 24.8 Å². The van der Waals surface area contributed by atoms with Crippen LogP contribution in [0, 0.1) is 5.92 Å². The van der Waals surface area contributed by atoms with Gasteiger partial charge in [-0.2, -0.15) is 11.8 Å². The first-order valence-corrected chi connectivity index (χ1v) is 6.13. The van der Waals surface area contributed by atoms with Crippen molar-refractivity contribution in [2.75, 3.05) is 18.8 Å². The molecule has 1 aliphatic rings. The van der Waals surface area contributed by atoms with Crippen molar-refractivity contribution in [1.29, 1.82) is 0 Å². The van der Waals surface area contributed by atoms with E-state index < -0.39 is 0 Å². The van der Waals surface area contributed by atoms with Gasteiger partial charge in [0.1, 0.15) is 0 Å². The molecule has 4 nitrogen and oxygen atoms in total. The Bertz CT molecular complexity index is 285. The molecule has 5 heteroatoms. The van der Waals surface area contributed by atoms with Crippen LogP contribution in [0.3, 0.4) is 0 Å². The average molecular weight is 213 g/mol. The minimum absolute atomic E-state index is 0.742. The fourth-order valence-corrected chi connectivity index (χ4v) is 2.25. The summed E-state index contributed by atoms with van der Waals surface area (Å²) < 4.78 is 5.41. The van der Waals surface area contributed by atoms with Gasteiger partial charge in [-0.25, -0.2) is 0 Å². The Hall–Kier alpha value is -0.550. The van der Waals surface area contributed by atoms with E-state index in [-0.39, 0.29) is 0 Å². The minimum Gasteiger partial charge on any atom is -0.424 e. The summed E-state index contributed by atoms with van der Waals surface area (Å²) in [5.41, 5.74) is 0. The van der Waals surface area contributed by atoms with Crippen molar-refractivity contribution in [2.24, 2.45) is 5.92 Å². The Balaban J connectivity index is 1.68. The number of aromatic nitrogens is 2. The number of thioether (sulfide) groups is 1. The third-order valence-electron chi connectivity index (χ3n) is 2.26. The average Bonchev–Trinajstić information content (AvgIpc) is 2.57. The Morgan fingerprint density at radius 1 is 1.43 bits per heavy atom. The van der Waals surface area contributed by atoms with Gasteiger partial charge < -0.3 is 9.73 Å². The number of nitrogens with one attached hydrogen (secondary N) is 1. The number of hydrogen-bond acceptors (Lipinski definition) is 5. The van der Waals surface area contributed by atoms with E-state index in [1.807, 2.05) is 18.7 Å². The van der Waals surface area contributed by atoms with Gasteiger partial charge in [0.2, 0.25) is 11.8 Å². The van der Waals surface area contributed by atoms with E-state index in [2.05, 4.69) is 15.5 Å². The maximum absolute atomic E-state index is 5.41. The van der Waals surface area contributed by atoms with E-state index in [1.54, 1.807) is 0 Å². The topological polar surface area (TPSA) is 51.0 Å². The molecule has 0 unspecified atom stereocenters. The van der Waals surface area contributed by atoms with Gasteiger partial charge in [0.25, 0.3) is 0 Å². The smallest absolute Gasteiger partial charge is 0.226 e. The molecule has 1 N–H and O–H groups in total. The largest absolute Gasteiger partial charge is 0.424 e. The molecule has 78 valence electrons. The molecule has 14 heavy (non-hydrogen) atoms. The molecule has 2 heterocycles. The van der Waals surface area contributed by atoms with Crippen molar-refractivity contribution in [3.63, 3.8) is 0 Å². The zero-order valence-electron chi connectivity index (χ0n) is 8.32. The summed E-state index contributed by atoms with van der Waals surface area (Å²) in [7, 11) is 0. The maximum atomic E-state index is 5.41. The highest BCUT2D eigenvalue weighted by Crippen LogP contribution is 2.16. The molecule has 0 spiro atoms. The van der Waals surface area contributed by atoms with E-state index in [1.165, 1.54) is 5.75 Å². The summed E-state index contributed by atoms with van der Waals surface area (Å²) in [6, 6.07) is 0. The third kappa shape index (κ3) is 2.48. The number of aryl methyl sites for hydroxylation is 1. The summed E-state index contributed by atoms with van der Waals surface area (Å²) in [4.78, 5) is 0. The van der Waals surface area contributed by atoms with Crippen molar-refractivity contribution < 1.29 is 4.42 Å². The SMILES string of the molecule is CCc1nnc(CSCC2CNC2)o1. The van der Waals surface area contributed by atoms with Crippen molar-refractivity contribution in [3.8, 4) is 0 Å². The highest BCUT2D eigenvalue weighted by molar-refractivity contribution is 7.98. The summed E-state index contributed by atoms with van der Waals surface area (Å²) in [5, 5.41) is 11.2. The van der Waals surface area contributed by atoms with Crippen LogP contribution in [0.25, 0.3) is 0 Å². The van der Waals surface area contributed by atoms with Crippen LogP contribution in [-0.2, 0) is 12.2 Å².